The van der Waals surface area contributed by atoms with E-state index in [0.29, 0.717) is 0 Å². The molecule has 100 valence electrons. The van der Waals surface area contributed by atoms with E-state index in [2.05, 4.69) is 0 Å². The van der Waals surface area contributed by atoms with E-state index < -0.39 is 22.2 Å². The van der Waals surface area contributed by atoms with Crippen LogP contribution in [0.3, 0.4) is 0 Å². The van der Waals surface area contributed by atoms with Crippen LogP contribution in [0.2, 0.25) is 0 Å². The third-order valence-electron chi connectivity index (χ3n) is 2.43. The number of carbonyl (C=O) groups excluding carboxylic acids is 2. The molecule has 2 rings (SSSR count). The Kier molecular flexibility index (Phi) is 3.66. The minimum atomic E-state index is -3.95. The lowest BCUT2D eigenvalue weighted by atomic mass is 10.3. The molecular formula is C12H11NO5S. The Morgan fingerprint density at radius 1 is 1.26 bits per heavy atom. The zero-order valence-electron chi connectivity index (χ0n) is 9.78. The maximum Gasteiger partial charge on any atom is 0.421 e. The van der Waals surface area contributed by atoms with Gasteiger partial charge in [-0.05, 0) is 24.3 Å². The van der Waals surface area contributed by atoms with E-state index in [1.165, 1.54) is 36.4 Å². The average molecular weight is 281 g/mol. The van der Waals surface area contributed by atoms with Crippen molar-refractivity contribution in [2.75, 3.05) is 0 Å². The summed E-state index contributed by atoms with van der Waals surface area (Å²) < 4.78 is 30.1. The molecule has 0 spiro atoms. The van der Waals surface area contributed by atoms with Gasteiger partial charge in [-0.1, -0.05) is 18.2 Å². The van der Waals surface area contributed by atoms with Crippen molar-refractivity contribution >= 4 is 21.9 Å². The third-order valence-corrected chi connectivity index (χ3v) is 3.76. The predicted octanol–water partition coefficient (Wildman–Crippen LogP) is 0.999. The number of ketones is 1. The largest absolute Gasteiger partial charge is 0.441 e. The smallest absolute Gasteiger partial charge is 0.421 e. The van der Waals surface area contributed by atoms with Crippen LogP contribution in [-0.2, 0) is 19.6 Å². The highest BCUT2D eigenvalue weighted by atomic mass is 32.2. The highest BCUT2D eigenvalue weighted by Gasteiger charge is 2.23. The average Bonchev–Trinajstić information content (AvgIpc) is 2.75. The molecule has 0 radical (unpaired) electrons. The van der Waals surface area contributed by atoms with Gasteiger partial charge < -0.3 is 4.74 Å². The molecule has 0 aliphatic heterocycles. The van der Waals surface area contributed by atoms with Crippen LogP contribution in [0.5, 0.6) is 0 Å². The number of hydrogen-bond donors (Lipinski definition) is 1. The van der Waals surface area contributed by atoms with Gasteiger partial charge in [-0.25, -0.2) is 17.9 Å². The molecule has 19 heavy (non-hydrogen) atoms. The number of sulfonamides is 1. The number of rotatable bonds is 3. The predicted molar refractivity (Wildman–Crippen MR) is 65.8 cm³/mol. The normalized spacial score (nSPS) is 18.3. The Bertz CT molecular complexity index is 621. The van der Waals surface area contributed by atoms with E-state index in [9.17, 15) is 18.0 Å². The Labute approximate surface area is 110 Å². The lowest BCUT2D eigenvalue weighted by Crippen LogP contribution is -2.33. The second-order valence-corrected chi connectivity index (χ2v) is 5.57. The van der Waals surface area contributed by atoms with Gasteiger partial charge in [-0.15, -0.1) is 0 Å². The van der Waals surface area contributed by atoms with Gasteiger partial charge in [0.15, 0.2) is 5.78 Å². The zero-order chi connectivity index (χ0) is 13.9. The summed E-state index contributed by atoms with van der Waals surface area (Å²) in [6.07, 6.45) is 0.936. The molecule has 1 aromatic carbocycles. The van der Waals surface area contributed by atoms with Crippen LogP contribution < -0.4 is 4.72 Å². The molecule has 1 unspecified atom stereocenters. The Hall–Kier alpha value is -2.15. The molecule has 1 amide bonds. The Balaban J connectivity index is 1.99. The number of carbonyl (C=O) groups is 2. The molecule has 1 aliphatic rings. The SMILES string of the molecule is O=C1C=CC(OC(=O)NS(=O)(=O)c2ccccc2)C1. The van der Waals surface area contributed by atoms with Crippen molar-refractivity contribution in [2.45, 2.75) is 17.4 Å². The number of benzene rings is 1. The first-order valence-electron chi connectivity index (χ1n) is 5.47. The van der Waals surface area contributed by atoms with Gasteiger partial charge in [0.25, 0.3) is 10.0 Å². The number of nitrogens with one attached hydrogen (secondary N) is 1. The van der Waals surface area contributed by atoms with Crippen LogP contribution in [0.1, 0.15) is 6.42 Å². The minimum Gasteiger partial charge on any atom is -0.441 e. The summed E-state index contributed by atoms with van der Waals surface area (Å²) in [6.45, 7) is 0. The summed E-state index contributed by atoms with van der Waals surface area (Å²) in [4.78, 5) is 22.3. The monoisotopic (exact) mass is 281 g/mol. The van der Waals surface area contributed by atoms with Gasteiger partial charge in [0.05, 0.1) is 11.3 Å². The van der Waals surface area contributed by atoms with Gasteiger partial charge >= 0.3 is 6.09 Å². The minimum absolute atomic E-state index is 0.0370. The first kappa shape index (κ1) is 13.3. The number of allylic oxidation sites excluding steroid dienone is 1. The summed E-state index contributed by atoms with van der Waals surface area (Å²) >= 11 is 0. The van der Waals surface area contributed by atoms with Crippen LogP contribution in [0.25, 0.3) is 0 Å². The maximum absolute atomic E-state index is 11.8. The molecule has 7 heteroatoms. The summed E-state index contributed by atoms with van der Waals surface area (Å²) in [7, 11) is -3.95. The van der Waals surface area contributed by atoms with Crippen molar-refractivity contribution in [3.8, 4) is 0 Å². The van der Waals surface area contributed by atoms with Crippen molar-refractivity contribution in [1.82, 2.24) is 4.72 Å². The van der Waals surface area contributed by atoms with Crippen molar-refractivity contribution in [2.24, 2.45) is 0 Å². The van der Waals surface area contributed by atoms with E-state index in [0.717, 1.165) is 0 Å². The van der Waals surface area contributed by atoms with Gasteiger partial charge in [-0.2, -0.15) is 0 Å². The number of hydrogen-bond acceptors (Lipinski definition) is 5. The molecule has 0 fully saturated rings. The number of amides is 1. The molecule has 1 N–H and O–H groups in total. The van der Waals surface area contributed by atoms with E-state index in [1.807, 2.05) is 0 Å². The summed E-state index contributed by atoms with van der Waals surface area (Å²) in [6, 6.07) is 7.45. The van der Waals surface area contributed by atoms with Gasteiger partial charge in [-0.3, -0.25) is 4.79 Å². The summed E-state index contributed by atoms with van der Waals surface area (Å²) in [5.41, 5.74) is 0. The fourth-order valence-electron chi connectivity index (χ4n) is 1.56. The quantitative estimate of drug-likeness (QED) is 0.892. The topological polar surface area (TPSA) is 89.5 Å². The van der Waals surface area contributed by atoms with E-state index in [1.54, 1.807) is 10.8 Å². The molecule has 1 aromatic rings. The van der Waals surface area contributed by atoms with Gasteiger partial charge in [0, 0.05) is 0 Å². The maximum atomic E-state index is 11.8. The number of ether oxygens (including phenoxy) is 1. The van der Waals surface area contributed by atoms with Crippen molar-refractivity contribution in [1.29, 1.82) is 0 Å². The highest BCUT2D eigenvalue weighted by Crippen LogP contribution is 2.12. The summed E-state index contributed by atoms with van der Waals surface area (Å²) in [5, 5.41) is 0. The first-order valence-corrected chi connectivity index (χ1v) is 6.95. The Morgan fingerprint density at radius 2 is 1.95 bits per heavy atom. The summed E-state index contributed by atoms with van der Waals surface area (Å²) in [5.74, 6) is -0.163. The van der Waals surface area contributed by atoms with E-state index >= 15 is 0 Å². The third kappa shape index (κ3) is 3.41. The van der Waals surface area contributed by atoms with Crippen LogP contribution in [-0.4, -0.2) is 26.4 Å². The molecule has 0 bridgehead atoms. The molecular weight excluding hydrogens is 270 g/mol. The molecule has 1 aliphatic carbocycles. The second-order valence-electron chi connectivity index (χ2n) is 3.89. The van der Waals surface area contributed by atoms with Crippen molar-refractivity contribution < 1.29 is 22.7 Å². The molecule has 0 heterocycles. The van der Waals surface area contributed by atoms with Crippen molar-refractivity contribution in [3.05, 3.63) is 42.5 Å². The molecule has 0 saturated carbocycles. The highest BCUT2D eigenvalue weighted by molar-refractivity contribution is 7.90. The molecule has 0 saturated heterocycles. The van der Waals surface area contributed by atoms with Crippen LogP contribution >= 0.6 is 0 Å². The van der Waals surface area contributed by atoms with Crippen LogP contribution in [0.15, 0.2) is 47.4 Å². The van der Waals surface area contributed by atoms with E-state index in [4.69, 9.17) is 4.74 Å². The lowest BCUT2D eigenvalue weighted by molar-refractivity contribution is -0.114. The van der Waals surface area contributed by atoms with Gasteiger partial charge in [0.1, 0.15) is 6.10 Å². The van der Waals surface area contributed by atoms with Crippen molar-refractivity contribution in [3.63, 3.8) is 0 Å². The first-order chi connectivity index (χ1) is 8.97. The second kappa shape index (κ2) is 5.23. The fraction of sp³-hybridized carbons (Fsp3) is 0.167. The zero-order valence-corrected chi connectivity index (χ0v) is 10.6. The van der Waals surface area contributed by atoms with Crippen LogP contribution in [0.4, 0.5) is 4.79 Å². The van der Waals surface area contributed by atoms with Gasteiger partial charge in [0.2, 0.25) is 0 Å². The van der Waals surface area contributed by atoms with E-state index in [-0.39, 0.29) is 17.1 Å². The lowest BCUT2D eigenvalue weighted by Gasteiger charge is -2.11. The fourth-order valence-corrected chi connectivity index (χ4v) is 2.46. The standard InChI is InChI=1S/C12H11NO5S/c14-9-6-7-10(8-9)18-12(15)13-19(16,17)11-4-2-1-3-5-11/h1-7,10H,8H2,(H,13,15). The Morgan fingerprint density at radius 3 is 2.53 bits per heavy atom. The molecule has 6 nitrogen and oxygen atoms in total. The molecule has 0 aromatic heterocycles. The molecule has 1 atom stereocenters. The van der Waals surface area contributed by atoms with Crippen LogP contribution in [0, 0.1) is 0 Å².